The molecule has 0 radical (unpaired) electrons. The fraction of sp³-hybridized carbons (Fsp3) is 0.682. The van der Waals surface area contributed by atoms with Crippen molar-refractivity contribution >= 4 is 5.96 Å². The molecule has 6 nitrogen and oxygen atoms in total. The predicted octanol–water partition coefficient (Wildman–Crippen LogP) is 3.50. The second-order valence-corrected chi connectivity index (χ2v) is 7.73. The van der Waals surface area contributed by atoms with E-state index in [9.17, 15) is 0 Å². The lowest BCUT2D eigenvalue weighted by atomic mass is 9.83. The SMILES string of the molecule is CCOCCC1(CNC(=NC)NCc2cccc3c2OCCCO3)CCCC1. The maximum Gasteiger partial charge on any atom is 0.191 e. The van der Waals surface area contributed by atoms with Crippen molar-refractivity contribution < 1.29 is 14.2 Å². The van der Waals surface area contributed by atoms with E-state index in [0.717, 1.165) is 55.6 Å². The number of nitrogens with zero attached hydrogens (tertiary/aromatic N) is 1. The Morgan fingerprint density at radius 2 is 1.96 bits per heavy atom. The van der Waals surface area contributed by atoms with E-state index in [2.05, 4.69) is 28.6 Å². The quantitative estimate of drug-likeness (QED) is 0.405. The van der Waals surface area contributed by atoms with Gasteiger partial charge in [0.25, 0.3) is 0 Å². The number of benzene rings is 1. The third kappa shape index (κ3) is 5.53. The Hall–Kier alpha value is -1.95. The highest BCUT2D eigenvalue weighted by molar-refractivity contribution is 5.79. The summed E-state index contributed by atoms with van der Waals surface area (Å²) >= 11 is 0. The van der Waals surface area contributed by atoms with Crippen LogP contribution in [0.15, 0.2) is 23.2 Å². The van der Waals surface area contributed by atoms with E-state index in [4.69, 9.17) is 14.2 Å². The number of ether oxygens (including phenoxy) is 3. The smallest absolute Gasteiger partial charge is 0.191 e. The van der Waals surface area contributed by atoms with Gasteiger partial charge >= 0.3 is 0 Å². The highest BCUT2D eigenvalue weighted by Crippen LogP contribution is 2.40. The highest BCUT2D eigenvalue weighted by Gasteiger charge is 2.33. The fourth-order valence-corrected chi connectivity index (χ4v) is 4.14. The van der Waals surface area contributed by atoms with Gasteiger partial charge in [-0.2, -0.15) is 0 Å². The normalized spacial score (nSPS) is 18.6. The van der Waals surface area contributed by atoms with Crippen LogP contribution >= 0.6 is 0 Å². The van der Waals surface area contributed by atoms with Gasteiger partial charge in [-0.3, -0.25) is 4.99 Å². The first-order chi connectivity index (χ1) is 13.8. The van der Waals surface area contributed by atoms with Gasteiger partial charge in [0.15, 0.2) is 17.5 Å². The van der Waals surface area contributed by atoms with Gasteiger partial charge in [0.1, 0.15) is 0 Å². The van der Waals surface area contributed by atoms with E-state index in [0.29, 0.717) is 25.2 Å². The molecule has 0 saturated heterocycles. The summed E-state index contributed by atoms with van der Waals surface area (Å²) in [4.78, 5) is 4.41. The van der Waals surface area contributed by atoms with Crippen LogP contribution in [0.5, 0.6) is 11.5 Å². The van der Waals surface area contributed by atoms with Crippen molar-refractivity contribution in [1.29, 1.82) is 0 Å². The summed E-state index contributed by atoms with van der Waals surface area (Å²) in [7, 11) is 1.82. The molecule has 2 aliphatic rings. The van der Waals surface area contributed by atoms with Gasteiger partial charge in [-0.1, -0.05) is 25.0 Å². The molecule has 1 saturated carbocycles. The van der Waals surface area contributed by atoms with Crippen molar-refractivity contribution in [2.75, 3.05) is 40.0 Å². The van der Waals surface area contributed by atoms with Gasteiger partial charge in [-0.15, -0.1) is 0 Å². The molecule has 0 unspecified atom stereocenters. The Bertz CT molecular complexity index is 642. The Kier molecular flexibility index (Phi) is 7.83. The third-order valence-electron chi connectivity index (χ3n) is 5.80. The Morgan fingerprint density at radius 3 is 2.75 bits per heavy atom. The second-order valence-electron chi connectivity index (χ2n) is 7.73. The lowest BCUT2D eigenvalue weighted by Gasteiger charge is -2.30. The van der Waals surface area contributed by atoms with Crippen molar-refractivity contribution in [3.05, 3.63) is 23.8 Å². The molecule has 2 N–H and O–H groups in total. The highest BCUT2D eigenvalue weighted by atomic mass is 16.5. The molecular weight excluding hydrogens is 354 g/mol. The molecule has 1 aliphatic heterocycles. The lowest BCUT2D eigenvalue weighted by Crippen LogP contribution is -2.43. The average molecular weight is 390 g/mol. The molecular formula is C22H35N3O3. The third-order valence-corrected chi connectivity index (χ3v) is 5.80. The summed E-state index contributed by atoms with van der Waals surface area (Å²) in [6.07, 6.45) is 7.18. The molecule has 0 aromatic heterocycles. The van der Waals surface area contributed by atoms with E-state index >= 15 is 0 Å². The monoisotopic (exact) mass is 389 g/mol. The molecule has 0 amide bonds. The van der Waals surface area contributed by atoms with E-state index in [1.807, 2.05) is 19.2 Å². The summed E-state index contributed by atoms with van der Waals surface area (Å²) in [5.41, 5.74) is 1.42. The number of hydrogen-bond donors (Lipinski definition) is 2. The number of rotatable bonds is 8. The zero-order valence-electron chi connectivity index (χ0n) is 17.4. The van der Waals surface area contributed by atoms with Gasteiger partial charge in [0.05, 0.1) is 13.2 Å². The fourth-order valence-electron chi connectivity index (χ4n) is 4.14. The standard InChI is InChI=1S/C22H35N3O3/c1-3-26-15-12-22(10-4-5-11-22)17-25-21(23-2)24-16-18-8-6-9-19-20(18)28-14-7-13-27-19/h6,8-9H,3-5,7,10-17H2,1-2H3,(H2,23,24,25). The van der Waals surface area contributed by atoms with Gasteiger partial charge in [-0.25, -0.2) is 0 Å². The van der Waals surface area contributed by atoms with Crippen molar-refractivity contribution in [2.45, 2.75) is 52.0 Å². The minimum absolute atomic E-state index is 0.327. The first kappa shape index (κ1) is 20.8. The van der Waals surface area contributed by atoms with Crippen LogP contribution < -0.4 is 20.1 Å². The number of aliphatic imine (C=N–C) groups is 1. The Balaban J connectivity index is 1.55. The second kappa shape index (κ2) is 10.6. The van der Waals surface area contributed by atoms with E-state index in [1.165, 1.54) is 25.7 Å². The molecule has 1 fully saturated rings. The van der Waals surface area contributed by atoms with Gasteiger partial charge < -0.3 is 24.8 Å². The van der Waals surface area contributed by atoms with Crippen LogP contribution in [0, 0.1) is 5.41 Å². The number of para-hydroxylation sites is 1. The van der Waals surface area contributed by atoms with E-state index in [1.54, 1.807) is 0 Å². The summed E-state index contributed by atoms with van der Waals surface area (Å²) in [6, 6.07) is 6.07. The predicted molar refractivity (Wildman–Crippen MR) is 112 cm³/mol. The Morgan fingerprint density at radius 1 is 1.14 bits per heavy atom. The van der Waals surface area contributed by atoms with E-state index in [-0.39, 0.29) is 0 Å². The molecule has 1 aromatic carbocycles. The topological polar surface area (TPSA) is 64.1 Å². The molecule has 28 heavy (non-hydrogen) atoms. The maximum atomic E-state index is 5.92. The summed E-state index contributed by atoms with van der Waals surface area (Å²) in [5, 5.41) is 6.99. The minimum atomic E-state index is 0.327. The van der Waals surface area contributed by atoms with Crippen LogP contribution in [-0.2, 0) is 11.3 Å². The molecule has 6 heteroatoms. The molecule has 3 rings (SSSR count). The molecule has 1 aliphatic carbocycles. The summed E-state index contributed by atoms with van der Waals surface area (Å²) in [6.45, 7) is 6.68. The molecule has 0 bridgehead atoms. The molecule has 1 heterocycles. The molecule has 1 aromatic rings. The van der Waals surface area contributed by atoms with Crippen molar-refractivity contribution in [3.63, 3.8) is 0 Å². The maximum absolute atomic E-state index is 5.92. The van der Waals surface area contributed by atoms with Gasteiger partial charge in [0.2, 0.25) is 0 Å². The molecule has 0 atom stereocenters. The van der Waals surface area contributed by atoms with Crippen LogP contribution in [0.2, 0.25) is 0 Å². The first-order valence-electron chi connectivity index (χ1n) is 10.7. The largest absolute Gasteiger partial charge is 0.490 e. The number of fused-ring (bicyclic) bond motifs is 1. The number of guanidine groups is 1. The number of hydrogen-bond acceptors (Lipinski definition) is 4. The van der Waals surface area contributed by atoms with Crippen molar-refractivity contribution in [3.8, 4) is 11.5 Å². The van der Waals surface area contributed by atoms with Crippen LogP contribution in [0.1, 0.15) is 51.0 Å². The zero-order chi connectivity index (χ0) is 19.7. The lowest BCUT2D eigenvalue weighted by molar-refractivity contribution is 0.105. The summed E-state index contributed by atoms with van der Waals surface area (Å²) in [5.74, 6) is 2.52. The van der Waals surface area contributed by atoms with Crippen molar-refractivity contribution in [1.82, 2.24) is 10.6 Å². The first-order valence-corrected chi connectivity index (χ1v) is 10.7. The van der Waals surface area contributed by atoms with Crippen LogP contribution in [0.25, 0.3) is 0 Å². The molecule has 0 spiro atoms. The average Bonchev–Trinajstić information content (AvgIpc) is 3.04. The van der Waals surface area contributed by atoms with Crippen LogP contribution in [0.3, 0.4) is 0 Å². The summed E-state index contributed by atoms with van der Waals surface area (Å²) < 4.78 is 17.3. The van der Waals surface area contributed by atoms with Gasteiger partial charge in [-0.05, 0) is 37.7 Å². The van der Waals surface area contributed by atoms with Gasteiger partial charge in [0, 0.05) is 45.3 Å². The zero-order valence-corrected chi connectivity index (χ0v) is 17.4. The minimum Gasteiger partial charge on any atom is -0.490 e. The Labute approximate surface area is 169 Å². The van der Waals surface area contributed by atoms with Crippen molar-refractivity contribution in [2.24, 2.45) is 10.4 Å². The van der Waals surface area contributed by atoms with Crippen LogP contribution in [-0.4, -0.2) is 46.0 Å². The number of nitrogens with one attached hydrogen (secondary N) is 2. The molecule has 156 valence electrons. The van der Waals surface area contributed by atoms with Crippen LogP contribution in [0.4, 0.5) is 0 Å². The van der Waals surface area contributed by atoms with E-state index < -0.39 is 0 Å².